The van der Waals surface area contributed by atoms with Crippen LogP contribution < -0.4 is 5.73 Å². The molecule has 0 saturated heterocycles. The molecule has 2 aliphatic carbocycles. The van der Waals surface area contributed by atoms with E-state index in [1.807, 2.05) is 0 Å². The largest absolute Gasteiger partial charge is 0.389 e. The average molecular weight is 239 g/mol. The van der Waals surface area contributed by atoms with Gasteiger partial charge in [-0.25, -0.2) is 0 Å². The van der Waals surface area contributed by atoms with Crippen LogP contribution in [-0.4, -0.2) is 17.3 Å². The van der Waals surface area contributed by atoms with Gasteiger partial charge in [0.15, 0.2) is 0 Å². The molecule has 0 spiro atoms. The molecular formula is C15H29NO. The molecule has 2 saturated carbocycles. The molecule has 3 atom stereocenters. The van der Waals surface area contributed by atoms with Crippen molar-refractivity contribution in [2.24, 2.45) is 22.5 Å². The Morgan fingerprint density at radius 1 is 1.35 bits per heavy atom. The van der Waals surface area contributed by atoms with Crippen LogP contribution in [0.15, 0.2) is 0 Å². The van der Waals surface area contributed by atoms with Gasteiger partial charge in [-0.3, -0.25) is 0 Å². The summed E-state index contributed by atoms with van der Waals surface area (Å²) in [6.45, 7) is 7.21. The molecule has 0 radical (unpaired) electrons. The second-order valence-electron chi connectivity index (χ2n) is 6.99. The molecule has 0 bridgehead atoms. The summed E-state index contributed by atoms with van der Waals surface area (Å²) in [5.41, 5.74) is 5.62. The SMILES string of the molecule is CCC1CCCC(CN)(C(C)(O)C2(C)CC2)C1. The van der Waals surface area contributed by atoms with Crippen LogP contribution in [0.1, 0.15) is 65.7 Å². The summed E-state index contributed by atoms with van der Waals surface area (Å²) in [6, 6.07) is 0. The van der Waals surface area contributed by atoms with Crippen LogP contribution in [0.2, 0.25) is 0 Å². The molecule has 0 heterocycles. The van der Waals surface area contributed by atoms with E-state index >= 15 is 0 Å². The van der Waals surface area contributed by atoms with Crippen LogP contribution in [0.4, 0.5) is 0 Å². The molecule has 3 N–H and O–H groups in total. The normalized spacial score (nSPS) is 39.7. The summed E-state index contributed by atoms with van der Waals surface area (Å²) >= 11 is 0. The fourth-order valence-corrected chi connectivity index (χ4v) is 3.98. The highest BCUT2D eigenvalue weighted by Crippen LogP contribution is 2.63. The van der Waals surface area contributed by atoms with Gasteiger partial charge in [-0.15, -0.1) is 0 Å². The molecule has 2 aliphatic rings. The molecule has 0 aromatic heterocycles. The van der Waals surface area contributed by atoms with Gasteiger partial charge >= 0.3 is 0 Å². The van der Waals surface area contributed by atoms with Gasteiger partial charge in [-0.05, 0) is 43.9 Å². The van der Waals surface area contributed by atoms with Crippen LogP contribution in [0, 0.1) is 16.7 Å². The summed E-state index contributed by atoms with van der Waals surface area (Å²) in [4.78, 5) is 0. The van der Waals surface area contributed by atoms with Gasteiger partial charge < -0.3 is 10.8 Å². The van der Waals surface area contributed by atoms with Crippen molar-refractivity contribution in [2.75, 3.05) is 6.54 Å². The maximum atomic E-state index is 11.1. The van der Waals surface area contributed by atoms with Crippen molar-refractivity contribution in [3.63, 3.8) is 0 Å². The summed E-state index contributed by atoms with van der Waals surface area (Å²) in [6.07, 6.45) is 8.36. The molecule has 2 fully saturated rings. The van der Waals surface area contributed by atoms with E-state index in [1.54, 1.807) is 0 Å². The average Bonchev–Trinajstić information content (AvgIpc) is 3.08. The van der Waals surface area contributed by atoms with Crippen molar-refractivity contribution in [3.05, 3.63) is 0 Å². The Kier molecular flexibility index (Phi) is 3.33. The summed E-state index contributed by atoms with van der Waals surface area (Å²) in [5.74, 6) is 0.765. The number of hydrogen-bond acceptors (Lipinski definition) is 2. The zero-order valence-electron chi connectivity index (χ0n) is 11.8. The fourth-order valence-electron chi connectivity index (χ4n) is 3.98. The number of aliphatic hydroxyl groups is 1. The first-order valence-electron chi connectivity index (χ1n) is 7.33. The van der Waals surface area contributed by atoms with E-state index in [-0.39, 0.29) is 10.8 Å². The van der Waals surface area contributed by atoms with Gasteiger partial charge in [0.1, 0.15) is 0 Å². The van der Waals surface area contributed by atoms with Gasteiger partial charge in [-0.1, -0.05) is 33.1 Å². The Balaban J connectivity index is 2.24. The van der Waals surface area contributed by atoms with Crippen molar-refractivity contribution < 1.29 is 5.11 Å². The Morgan fingerprint density at radius 2 is 2.00 bits per heavy atom. The standard InChI is InChI=1S/C15H29NO/c1-4-12-6-5-7-15(10-12,11-16)14(3,17)13(2)8-9-13/h12,17H,4-11,16H2,1-3H3. The lowest BCUT2D eigenvalue weighted by Crippen LogP contribution is -2.57. The first-order chi connectivity index (χ1) is 7.91. The van der Waals surface area contributed by atoms with Crippen LogP contribution in [0.25, 0.3) is 0 Å². The van der Waals surface area contributed by atoms with E-state index < -0.39 is 5.60 Å². The third-order valence-corrected chi connectivity index (χ3v) is 6.12. The quantitative estimate of drug-likeness (QED) is 0.792. The van der Waals surface area contributed by atoms with Gasteiger partial charge in [-0.2, -0.15) is 0 Å². The van der Waals surface area contributed by atoms with E-state index in [4.69, 9.17) is 5.73 Å². The predicted octanol–water partition coefficient (Wildman–Crippen LogP) is 3.08. The second kappa shape index (κ2) is 4.24. The van der Waals surface area contributed by atoms with E-state index in [1.165, 1.54) is 32.1 Å². The van der Waals surface area contributed by atoms with Crippen LogP contribution in [0.5, 0.6) is 0 Å². The smallest absolute Gasteiger partial charge is 0.0741 e. The van der Waals surface area contributed by atoms with E-state index in [2.05, 4.69) is 20.8 Å². The first-order valence-corrected chi connectivity index (χ1v) is 7.33. The lowest BCUT2D eigenvalue weighted by atomic mass is 9.56. The Bertz CT molecular complexity index is 283. The summed E-state index contributed by atoms with van der Waals surface area (Å²) in [7, 11) is 0. The maximum absolute atomic E-state index is 11.1. The second-order valence-corrected chi connectivity index (χ2v) is 6.99. The van der Waals surface area contributed by atoms with Crippen molar-refractivity contribution in [1.29, 1.82) is 0 Å². The van der Waals surface area contributed by atoms with Gasteiger partial charge in [0, 0.05) is 12.0 Å². The molecule has 0 amide bonds. The highest BCUT2D eigenvalue weighted by molar-refractivity contribution is 5.13. The zero-order valence-corrected chi connectivity index (χ0v) is 11.8. The van der Waals surface area contributed by atoms with Gasteiger partial charge in [0.05, 0.1) is 5.60 Å². The Morgan fingerprint density at radius 3 is 2.47 bits per heavy atom. The molecule has 0 aromatic carbocycles. The van der Waals surface area contributed by atoms with Crippen molar-refractivity contribution in [3.8, 4) is 0 Å². The van der Waals surface area contributed by atoms with Gasteiger partial charge in [0.2, 0.25) is 0 Å². The third-order valence-electron chi connectivity index (χ3n) is 6.12. The molecule has 2 nitrogen and oxygen atoms in total. The lowest BCUT2D eigenvalue weighted by molar-refractivity contribution is -0.139. The minimum Gasteiger partial charge on any atom is -0.389 e. The molecule has 2 rings (SSSR count). The Labute approximate surface area is 106 Å². The third kappa shape index (κ3) is 1.94. The molecule has 100 valence electrons. The molecule has 2 heteroatoms. The van der Waals surface area contributed by atoms with Crippen LogP contribution in [-0.2, 0) is 0 Å². The maximum Gasteiger partial charge on any atom is 0.0741 e. The minimum atomic E-state index is -0.581. The van der Waals surface area contributed by atoms with Gasteiger partial charge in [0.25, 0.3) is 0 Å². The van der Waals surface area contributed by atoms with E-state index in [9.17, 15) is 5.11 Å². The first kappa shape index (κ1) is 13.4. The zero-order chi connectivity index (χ0) is 12.7. The highest BCUT2D eigenvalue weighted by atomic mass is 16.3. The Hall–Kier alpha value is -0.0800. The van der Waals surface area contributed by atoms with Crippen molar-refractivity contribution in [1.82, 2.24) is 0 Å². The predicted molar refractivity (Wildman–Crippen MR) is 71.7 cm³/mol. The monoisotopic (exact) mass is 239 g/mol. The molecule has 0 aliphatic heterocycles. The van der Waals surface area contributed by atoms with Crippen molar-refractivity contribution >= 4 is 0 Å². The fraction of sp³-hybridized carbons (Fsp3) is 1.00. The van der Waals surface area contributed by atoms with Crippen LogP contribution in [0.3, 0.4) is 0 Å². The van der Waals surface area contributed by atoms with E-state index in [0.717, 1.165) is 18.8 Å². The highest BCUT2D eigenvalue weighted by Gasteiger charge is 2.62. The number of nitrogens with two attached hydrogens (primary N) is 1. The molecule has 0 aromatic rings. The summed E-state index contributed by atoms with van der Waals surface area (Å²) in [5, 5.41) is 11.1. The van der Waals surface area contributed by atoms with Crippen LogP contribution >= 0.6 is 0 Å². The van der Waals surface area contributed by atoms with Crippen molar-refractivity contribution in [2.45, 2.75) is 71.3 Å². The topological polar surface area (TPSA) is 46.2 Å². The summed E-state index contributed by atoms with van der Waals surface area (Å²) < 4.78 is 0. The number of rotatable bonds is 4. The number of hydrogen-bond donors (Lipinski definition) is 2. The molecule has 17 heavy (non-hydrogen) atoms. The molecular weight excluding hydrogens is 210 g/mol. The molecule has 3 unspecified atom stereocenters. The van der Waals surface area contributed by atoms with E-state index in [0.29, 0.717) is 6.54 Å². The lowest BCUT2D eigenvalue weighted by Gasteiger charge is -2.52. The minimum absolute atomic E-state index is 0.0306.